The summed E-state index contributed by atoms with van der Waals surface area (Å²) < 4.78 is 29.1. The van der Waals surface area contributed by atoms with Gasteiger partial charge in [-0.15, -0.1) is 0 Å². The Kier molecular flexibility index (Phi) is 8.93. The molecule has 16 heteroatoms. The zero-order valence-corrected chi connectivity index (χ0v) is 20.3. The molecule has 214 valence electrons. The van der Waals surface area contributed by atoms with Crippen LogP contribution in [0.1, 0.15) is 12.8 Å². The first-order valence-electron chi connectivity index (χ1n) is 12.2. The second kappa shape index (κ2) is 11.5. The van der Waals surface area contributed by atoms with Crippen molar-refractivity contribution in [1.82, 2.24) is 5.32 Å². The number of aliphatic hydroxyl groups excluding tert-OH is 6. The van der Waals surface area contributed by atoms with Gasteiger partial charge in [-0.3, -0.25) is 0 Å². The minimum absolute atomic E-state index is 0.0691. The minimum atomic E-state index is -1.54. The maximum Gasteiger partial charge on any atom is 0.189 e. The number of fused-ring (bicyclic) bond motifs is 1. The summed E-state index contributed by atoms with van der Waals surface area (Å²) in [6.45, 7) is -0.511. The Balaban J connectivity index is 1.44. The van der Waals surface area contributed by atoms with Gasteiger partial charge in [0.05, 0.1) is 36.5 Å². The second-order valence-corrected chi connectivity index (χ2v) is 9.96. The van der Waals surface area contributed by atoms with Gasteiger partial charge in [-0.1, -0.05) is 0 Å². The van der Waals surface area contributed by atoms with Crippen LogP contribution in [0.4, 0.5) is 0 Å². The number of nitrogens with one attached hydrogen (secondary N) is 1. The largest absolute Gasteiger partial charge is 0.508 e. The molecule has 10 unspecified atom stereocenters. The number of hydrogen-bond acceptors (Lipinski definition) is 16. The molecule has 37 heavy (non-hydrogen) atoms. The predicted octanol–water partition coefficient (Wildman–Crippen LogP) is -5.91. The lowest BCUT2D eigenvalue weighted by Crippen LogP contribution is -2.69. The lowest BCUT2D eigenvalue weighted by Gasteiger charge is -2.51. The van der Waals surface area contributed by atoms with Crippen molar-refractivity contribution in [2.24, 2.45) is 22.9 Å². The monoisotopic (exact) mass is 537 g/mol. The highest BCUT2D eigenvalue weighted by Crippen LogP contribution is 2.35. The van der Waals surface area contributed by atoms with Gasteiger partial charge in [0.25, 0.3) is 0 Å². The van der Waals surface area contributed by atoms with Gasteiger partial charge in [0.15, 0.2) is 18.9 Å². The fraction of sp³-hybridized carbons (Fsp3) is 0.905. The molecule has 3 heterocycles. The van der Waals surface area contributed by atoms with Crippen LogP contribution < -0.4 is 28.3 Å². The van der Waals surface area contributed by atoms with Crippen LogP contribution in [-0.2, 0) is 23.7 Å². The van der Waals surface area contributed by atoms with Gasteiger partial charge in [-0.25, -0.2) is 0 Å². The molecule has 1 aliphatic carbocycles. The van der Waals surface area contributed by atoms with E-state index in [2.05, 4.69) is 5.32 Å². The molecular weight excluding hydrogens is 498 g/mol. The maximum absolute atomic E-state index is 11.1. The molecule has 0 amide bonds. The second-order valence-electron chi connectivity index (χ2n) is 9.96. The van der Waals surface area contributed by atoms with Gasteiger partial charge in [0, 0.05) is 12.5 Å². The van der Waals surface area contributed by atoms with Crippen molar-refractivity contribution in [3.63, 3.8) is 0 Å². The van der Waals surface area contributed by atoms with Crippen molar-refractivity contribution in [2.75, 3.05) is 13.7 Å². The fourth-order valence-electron chi connectivity index (χ4n) is 5.22. The summed E-state index contributed by atoms with van der Waals surface area (Å²) in [5, 5.41) is 64.5. The summed E-state index contributed by atoms with van der Waals surface area (Å²) in [6.07, 6.45) is -12.9. The molecule has 0 aromatic rings. The lowest BCUT2D eigenvalue weighted by atomic mass is 9.89. The first kappa shape index (κ1) is 28.8. The molecule has 3 fully saturated rings. The van der Waals surface area contributed by atoms with Gasteiger partial charge in [0.2, 0.25) is 0 Å². The van der Waals surface area contributed by atoms with E-state index in [1.54, 1.807) is 7.05 Å². The third-order valence-electron chi connectivity index (χ3n) is 7.45. The minimum Gasteiger partial charge on any atom is -0.508 e. The van der Waals surface area contributed by atoms with Crippen LogP contribution >= 0.6 is 0 Å². The zero-order valence-electron chi connectivity index (χ0n) is 20.3. The SMILES string of the molecule is CNC1C(O[C@H]2OC(CO)[C@@H](N)C(O)C2O)O[C@H]2CC(N)[C@@H](O[C@@H]3C(N)CC(N)=C(O)C3O)OC2C1O. The molecular formula is C21H39N5O11. The van der Waals surface area contributed by atoms with Gasteiger partial charge in [-0.05, 0) is 13.5 Å². The fourth-order valence-corrected chi connectivity index (χ4v) is 5.22. The van der Waals surface area contributed by atoms with Gasteiger partial charge >= 0.3 is 0 Å². The number of rotatable bonds is 6. The highest BCUT2D eigenvalue weighted by molar-refractivity contribution is 5.17. The molecule has 0 aromatic carbocycles. The summed E-state index contributed by atoms with van der Waals surface area (Å²) >= 11 is 0. The highest BCUT2D eigenvalue weighted by Gasteiger charge is 2.53. The summed E-state index contributed by atoms with van der Waals surface area (Å²) in [5.41, 5.74) is 23.9. The Morgan fingerprint density at radius 1 is 0.919 bits per heavy atom. The van der Waals surface area contributed by atoms with Crippen molar-refractivity contribution < 1.29 is 54.3 Å². The Morgan fingerprint density at radius 2 is 1.62 bits per heavy atom. The lowest BCUT2D eigenvalue weighted by molar-refractivity contribution is -0.372. The normalized spacial score (nSPS) is 51.1. The number of ether oxygens (including phenoxy) is 5. The molecule has 4 aliphatic rings. The van der Waals surface area contributed by atoms with E-state index in [1.807, 2.05) is 0 Å². The van der Waals surface area contributed by atoms with Gasteiger partial charge in [0.1, 0.15) is 48.5 Å². The van der Waals surface area contributed by atoms with Crippen molar-refractivity contribution >= 4 is 0 Å². The summed E-state index contributed by atoms with van der Waals surface area (Å²) in [6, 6.07) is -3.43. The van der Waals surface area contributed by atoms with Gasteiger partial charge in [-0.2, -0.15) is 0 Å². The van der Waals surface area contributed by atoms with E-state index in [9.17, 15) is 30.6 Å². The quantitative estimate of drug-likeness (QED) is 0.150. The molecule has 4 rings (SSSR count). The van der Waals surface area contributed by atoms with E-state index in [4.69, 9.17) is 46.6 Å². The van der Waals surface area contributed by atoms with Crippen molar-refractivity contribution in [3.05, 3.63) is 11.5 Å². The standard InChI is InChI=1S/C21H39N5O11/c1-26-11-14(30)18-8(33-20(11)37-21-16(32)13(29)10(25)9(4-27)34-21)3-7(24)19(36-18)35-17-6(23)2-5(22)12(28)15(17)31/h6-11,13-21,26-32H,2-4,22-25H2,1H3/t6?,7?,8-,9?,10+,11?,13?,14?,15?,16?,17+,18?,19-,20?,21+/m0/s1. The average molecular weight is 538 g/mol. The topological polar surface area (TPSA) is 284 Å². The Labute approximate surface area is 213 Å². The molecule has 15 N–H and O–H groups in total. The number of nitrogens with two attached hydrogens (primary N) is 4. The van der Waals surface area contributed by atoms with Gasteiger partial charge < -0.3 is 82.6 Å². The molecule has 0 spiro atoms. The van der Waals surface area contributed by atoms with Crippen molar-refractivity contribution in [1.29, 1.82) is 0 Å². The maximum atomic E-state index is 11.1. The molecule has 3 aliphatic heterocycles. The molecule has 0 bridgehead atoms. The third kappa shape index (κ3) is 5.45. The van der Waals surface area contributed by atoms with Crippen LogP contribution in [-0.4, -0.2) is 136 Å². The Hall–Kier alpha value is -1.22. The zero-order chi connectivity index (χ0) is 27.2. The van der Waals surface area contributed by atoms with E-state index in [1.165, 1.54) is 0 Å². The van der Waals surface area contributed by atoms with Crippen molar-refractivity contribution in [2.45, 2.75) is 105 Å². The number of hydrogen-bond donors (Lipinski definition) is 11. The molecule has 15 atom stereocenters. The van der Waals surface area contributed by atoms with Crippen molar-refractivity contribution in [3.8, 4) is 0 Å². The van der Waals surface area contributed by atoms with E-state index in [0.29, 0.717) is 0 Å². The average Bonchev–Trinajstić information content (AvgIpc) is 2.86. The summed E-state index contributed by atoms with van der Waals surface area (Å²) in [4.78, 5) is 0. The van der Waals surface area contributed by atoms with Crippen LogP contribution in [0.25, 0.3) is 0 Å². The number of aliphatic hydroxyl groups is 6. The molecule has 3 saturated heterocycles. The molecule has 0 saturated carbocycles. The molecule has 16 nitrogen and oxygen atoms in total. The first-order valence-corrected chi connectivity index (χ1v) is 12.2. The summed E-state index contributed by atoms with van der Waals surface area (Å²) in [7, 11) is 1.55. The highest BCUT2D eigenvalue weighted by atomic mass is 16.8. The van der Waals surface area contributed by atoms with E-state index in [-0.39, 0.29) is 18.5 Å². The third-order valence-corrected chi connectivity index (χ3v) is 7.45. The van der Waals surface area contributed by atoms with E-state index in [0.717, 1.165) is 0 Å². The Bertz CT molecular complexity index is 822. The van der Waals surface area contributed by atoms with E-state index >= 15 is 0 Å². The molecule has 0 aromatic heterocycles. The van der Waals surface area contributed by atoms with Crippen LogP contribution in [0.15, 0.2) is 11.5 Å². The smallest absolute Gasteiger partial charge is 0.189 e. The van der Waals surface area contributed by atoms with Crippen LogP contribution in [0.2, 0.25) is 0 Å². The Morgan fingerprint density at radius 3 is 2.27 bits per heavy atom. The van der Waals surface area contributed by atoms with Crippen LogP contribution in [0.5, 0.6) is 0 Å². The van der Waals surface area contributed by atoms with E-state index < -0.39 is 104 Å². The summed E-state index contributed by atoms with van der Waals surface area (Å²) in [5.74, 6) is -0.424. The number of likely N-dealkylation sites (N-methyl/N-ethyl adjacent to an activating group) is 1. The molecule has 0 radical (unpaired) electrons. The van der Waals surface area contributed by atoms with Crippen LogP contribution in [0, 0.1) is 0 Å². The predicted molar refractivity (Wildman–Crippen MR) is 123 cm³/mol. The first-order chi connectivity index (χ1) is 17.5. The van der Waals surface area contributed by atoms with Crippen LogP contribution in [0.3, 0.4) is 0 Å².